The number of rotatable bonds is 5. The summed E-state index contributed by atoms with van der Waals surface area (Å²) in [4.78, 5) is 36.1. The molecule has 4 rings (SSSR count). The number of esters is 1. The summed E-state index contributed by atoms with van der Waals surface area (Å²) in [7, 11) is 1.27. The van der Waals surface area contributed by atoms with Gasteiger partial charge in [-0.05, 0) is 28.3 Å². The molecule has 1 aliphatic rings. The molecule has 30 heavy (non-hydrogen) atoms. The van der Waals surface area contributed by atoms with Crippen molar-refractivity contribution in [2.24, 2.45) is 0 Å². The number of nitrogens with zero attached hydrogens (tertiary/aromatic N) is 1. The van der Waals surface area contributed by atoms with Gasteiger partial charge in [0.1, 0.15) is 6.04 Å². The Morgan fingerprint density at radius 2 is 1.57 bits per heavy atom. The highest BCUT2D eigenvalue weighted by Gasteiger charge is 2.39. The van der Waals surface area contributed by atoms with Gasteiger partial charge in [-0.2, -0.15) is 0 Å². The molecule has 7 heteroatoms. The Hall–Kier alpha value is -4.00. The van der Waals surface area contributed by atoms with E-state index in [9.17, 15) is 19.7 Å². The second kappa shape index (κ2) is 7.79. The first kappa shape index (κ1) is 19.3. The van der Waals surface area contributed by atoms with E-state index in [0.29, 0.717) is 0 Å². The minimum atomic E-state index is -0.994. The topological polar surface area (TPSA) is 98.5 Å². The van der Waals surface area contributed by atoms with Crippen LogP contribution in [0.4, 0.5) is 5.69 Å². The fourth-order valence-corrected chi connectivity index (χ4v) is 3.94. The van der Waals surface area contributed by atoms with Crippen LogP contribution in [0.2, 0.25) is 0 Å². The van der Waals surface area contributed by atoms with E-state index in [1.807, 2.05) is 48.5 Å². The zero-order valence-corrected chi connectivity index (χ0v) is 16.1. The van der Waals surface area contributed by atoms with Gasteiger partial charge in [-0.1, -0.05) is 54.6 Å². The molecule has 0 radical (unpaired) electrons. The van der Waals surface area contributed by atoms with Gasteiger partial charge in [-0.3, -0.25) is 14.9 Å². The van der Waals surface area contributed by atoms with E-state index in [-0.39, 0.29) is 11.3 Å². The van der Waals surface area contributed by atoms with E-state index in [2.05, 4.69) is 5.32 Å². The number of benzene rings is 3. The Kier molecular flexibility index (Phi) is 5.02. The number of fused-ring (bicyclic) bond motifs is 3. The Morgan fingerprint density at radius 3 is 2.13 bits per heavy atom. The molecule has 1 atom stereocenters. The Labute approximate surface area is 172 Å². The fraction of sp³-hybridized carbons (Fsp3) is 0.130. The molecule has 1 N–H and O–H groups in total. The van der Waals surface area contributed by atoms with Gasteiger partial charge in [0.25, 0.3) is 11.6 Å². The first-order chi connectivity index (χ1) is 14.5. The highest BCUT2D eigenvalue weighted by atomic mass is 16.6. The van der Waals surface area contributed by atoms with Crippen LogP contribution in [0, 0.1) is 10.1 Å². The second-order valence-electron chi connectivity index (χ2n) is 6.93. The van der Waals surface area contributed by atoms with Crippen molar-refractivity contribution < 1.29 is 19.2 Å². The van der Waals surface area contributed by atoms with Crippen molar-refractivity contribution in [2.45, 2.75) is 12.0 Å². The molecular formula is C23H18N2O5. The lowest BCUT2D eigenvalue weighted by atomic mass is 9.89. The summed E-state index contributed by atoms with van der Waals surface area (Å²) in [6.45, 7) is 0. The van der Waals surface area contributed by atoms with Gasteiger partial charge >= 0.3 is 5.97 Å². The SMILES string of the molecule is COC(=O)[C@@H](NC(=O)c1cccc([N+](=O)[O-])c1)C1c2ccccc2-c2ccccc21. The third-order valence-corrected chi connectivity index (χ3v) is 5.28. The summed E-state index contributed by atoms with van der Waals surface area (Å²) in [5, 5.41) is 13.8. The standard InChI is InChI=1S/C23H18N2O5/c1-30-23(27)21(24-22(26)14-7-6-8-15(13-14)25(28)29)20-18-11-4-2-9-16(18)17-10-3-5-12-19(17)20/h2-13,20-21H,1H3,(H,24,26)/t21-/m0/s1. The van der Waals surface area contributed by atoms with Crippen LogP contribution >= 0.6 is 0 Å². The van der Waals surface area contributed by atoms with Gasteiger partial charge in [-0.15, -0.1) is 0 Å². The van der Waals surface area contributed by atoms with Crippen molar-refractivity contribution in [3.63, 3.8) is 0 Å². The lowest BCUT2D eigenvalue weighted by molar-refractivity contribution is -0.384. The largest absolute Gasteiger partial charge is 0.467 e. The van der Waals surface area contributed by atoms with Crippen LogP contribution in [0.25, 0.3) is 11.1 Å². The molecule has 0 fully saturated rings. The maximum Gasteiger partial charge on any atom is 0.329 e. The Morgan fingerprint density at radius 1 is 0.967 bits per heavy atom. The van der Waals surface area contributed by atoms with Crippen molar-refractivity contribution >= 4 is 17.6 Å². The van der Waals surface area contributed by atoms with Crippen molar-refractivity contribution in [1.82, 2.24) is 5.32 Å². The van der Waals surface area contributed by atoms with Crippen molar-refractivity contribution in [2.75, 3.05) is 7.11 Å². The molecule has 0 spiro atoms. The summed E-state index contributed by atoms with van der Waals surface area (Å²) in [6.07, 6.45) is 0. The van der Waals surface area contributed by atoms with Crippen LogP contribution in [-0.2, 0) is 9.53 Å². The quantitative estimate of drug-likeness (QED) is 0.399. The number of non-ortho nitro benzene ring substituents is 1. The number of methoxy groups -OCH3 is 1. The van der Waals surface area contributed by atoms with Gasteiger partial charge in [0.15, 0.2) is 0 Å². The minimum Gasteiger partial charge on any atom is -0.467 e. The smallest absolute Gasteiger partial charge is 0.329 e. The van der Waals surface area contributed by atoms with Crippen LogP contribution in [0.5, 0.6) is 0 Å². The normalized spacial score (nSPS) is 13.1. The van der Waals surface area contributed by atoms with E-state index >= 15 is 0 Å². The third-order valence-electron chi connectivity index (χ3n) is 5.28. The van der Waals surface area contributed by atoms with Crippen molar-refractivity contribution in [3.8, 4) is 11.1 Å². The molecule has 7 nitrogen and oxygen atoms in total. The third kappa shape index (κ3) is 3.30. The zero-order valence-electron chi connectivity index (χ0n) is 16.1. The molecule has 0 saturated carbocycles. The number of hydrogen-bond donors (Lipinski definition) is 1. The molecule has 150 valence electrons. The van der Waals surface area contributed by atoms with Gasteiger partial charge in [0.2, 0.25) is 0 Å². The van der Waals surface area contributed by atoms with E-state index < -0.39 is 28.8 Å². The van der Waals surface area contributed by atoms with Crippen LogP contribution < -0.4 is 5.32 Å². The van der Waals surface area contributed by atoms with Crippen LogP contribution in [0.3, 0.4) is 0 Å². The van der Waals surface area contributed by atoms with Gasteiger partial charge in [0, 0.05) is 23.6 Å². The number of nitro benzene ring substituents is 1. The van der Waals surface area contributed by atoms with Crippen LogP contribution in [0.1, 0.15) is 27.4 Å². The first-order valence-corrected chi connectivity index (χ1v) is 9.32. The average molecular weight is 402 g/mol. The monoisotopic (exact) mass is 402 g/mol. The molecular weight excluding hydrogens is 384 g/mol. The predicted molar refractivity (Wildman–Crippen MR) is 110 cm³/mol. The molecule has 0 bridgehead atoms. The number of amides is 1. The summed E-state index contributed by atoms with van der Waals surface area (Å²) >= 11 is 0. The summed E-state index contributed by atoms with van der Waals surface area (Å²) < 4.78 is 4.99. The maximum absolute atomic E-state index is 12.9. The van der Waals surface area contributed by atoms with Gasteiger partial charge in [0.05, 0.1) is 12.0 Å². The van der Waals surface area contributed by atoms with E-state index in [0.717, 1.165) is 22.3 Å². The lowest BCUT2D eigenvalue weighted by Gasteiger charge is -2.24. The molecule has 0 unspecified atom stereocenters. The van der Waals surface area contributed by atoms with Gasteiger partial charge < -0.3 is 10.1 Å². The Bertz CT molecular complexity index is 1110. The molecule has 0 heterocycles. The van der Waals surface area contributed by atoms with E-state index in [4.69, 9.17) is 4.74 Å². The number of carbonyl (C=O) groups excluding carboxylic acids is 2. The number of nitro groups is 1. The number of ether oxygens (including phenoxy) is 1. The van der Waals surface area contributed by atoms with E-state index in [1.54, 1.807) is 0 Å². The molecule has 3 aromatic rings. The van der Waals surface area contributed by atoms with Crippen molar-refractivity contribution in [3.05, 3.63) is 99.6 Å². The zero-order chi connectivity index (χ0) is 21.3. The van der Waals surface area contributed by atoms with Gasteiger partial charge in [-0.25, -0.2) is 4.79 Å². The van der Waals surface area contributed by atoms with Crippen LogP contribution in [-0.4, -0.2) is 30.0 Å². The lowest BCUT2D eigenvalue weighted by Crippen LogP contribution is -2.45. The Balaban J connectivity index is 1.74. The average Bonchev–Trinajstić information content (AvgIpc) is 3.11. The highest BCUT2D eigenvalue weighted by Crippen LogP contribution is 2.46. The van der Waals surface area contributed by atoms with Crippen molar-refractivity contribution in [1.29, 1.82) is 0 Å². The second-order valence-corrected chi connectivity index (χ2v) is 6.93. The summed E-state index contributed by atoms with van der Waals surface area (Å²) in [5.41, 5.74) is 3.71. The molecule has 1 amide bonds. The highest BCUT2D eigenvalue weighted by molar-refractivity contribution is 5.98. The molecule has 0 aromatic heterocycles. The number of nitrogens with one attached hydrogen (secondary N) is 1. The maximum atomic E-state index is 12.9. The minimum absolute atomic E-state index is 0.0951. The molecule has 3 aromatic carbocycles. The molecule has 0 aliphatic heterocycles. The predicted octanol–water partition coefficient (Wildman–Crippen LogP) is 3.68. The van der Waals surface area contributed by atoms with E-state index in [1.165, 1.54) is 31.4 Å². The summed E-state index contributed by atoms with van der Waals surface area (Å²) in [6, 6.07) is 19.8. The number of carbonyl (C=O) groups is 2. The summed E-state index contributed by atoms with van der Waals surface area (Å²) in [5.74, 6) is -1.62. The first-order valence-electron chi connectivity index (χ1n) is 9.32. The fourth-order valence-electron chi connectivity index (χ4n) is 3.94. The van der Waals surface area contributed by atoms with Crippen LogP contribution in [0.15, 0.2) is 72.8 Å². The number of hydrogen-bond acceptors (Lipinski definition) is 5. The molecule has 0 saturated heterocycles. The molecule has 1 aliphatic carbocycles.